The molecule has 3 rings (SSSR count). The molecule has 0 aromatic carbocycles. The Balaban J connectivity index is 0.00000208. The third kappa shape index (κ3) is 4.26. The van der Waals surface area contributed by atoms with Crippen molar-refractivity contribution in [3.63, 3.8) is 0 Å². The number of thioether (sulfide) groups is 1. The maximum Gasteiger partial charge on any atom is 0.255 e. The Hall–Kier alpha value is -1.18. The maximum atomic E-state index is 12.3. The van der Waals surface area contributed by atoms with Crippen molar-refractivity contribution in [3.05, 3.63) is 23.2 Å². The van der Waals surface area contributed by atoms with Crippen LogP contribution in [0.25, 0.3) is 0 Å². The van der Waals surface area contributed by atoms with Crippen molar-refractivity contribution in [3.8, 4) is 0 Å². The Kier molecular flexibility index (Phi) is 6.60. The molecule has 1 unspecified atom stereocenters. The molecule has 6 nitrogen and oxygen atoms in total. The smallest absolute Gasteiger partial charge is 0.255 e. The van der Waals surface area contributed by atoms with Gasteiger partial charge in [-0.2, -0.15) is 0 Å². The van der Waals surface area contributed by atoms with Crippen LogP contribution in [0.2, 0.25) is 0 Å². The van der Waals surface area contributed by atoms with Crippen LogP contribution >= 0.6 is 24.2 Å². The number of likely N-dealkylation sites (tertiary alicyclic amines) is 1. The summed E-state index contributed by atoms with van der Waals surface area (Å²) in [4.78, 5) is 26.6. The highest BCUT2D eigenvalue weighted by Crippen LogP contribution is 2.18. The third-order valence-electron chi connectivity index (χ3n) is 4.44. The summed E-state index contributed by atoms with van der Waals surface area (Å²) in [5, 5.41) is 6.28. The van der Waals surface area contributed by atoms with Gasteiger partial charge in [-0.25, -0.2) is 0 Å². The predicted molar refractivity (Wildman–Crippen MR) is 96.7 cm³/mol. The Morgan fingerprint density at radius 1 is 1.33 bits per heavy atom. The first-order valence-corrected chi connectivity index (χ1v) is 9.18. The number of nitrogens with zero attached hydrogens (tertiary/aromatic N) is 1. The molecule has 0 bridgehead atoms. The SMILES string of the molecule is Cc1cc(C(=O)NC2CCN(C(=O)C3CSCN3)CC2)c(C)o1.Cl. The maximum absolute atomic E-state index is 12.3. The fraction of sp³-hybridized carbons (Fsp3) is 0.625. The fourth-order valence-corrected chi connectivity index (χ4v) is 4.07. The lowest BCUT2D eigenvalue weighted by Crippen LogP contribution is -2.51. The van der Waals surface area contributed by atoms with Gasteiger partial charge in [-0.15, -0.1) is 24.2 Å². The van der Waals surface area contributed by atoms with E-state index in [1.807, 2.05) is 11.8 Å². The van der Waals surface area contributed by atoms with E-state index in [1.54, 1.807) is 24.8 Å². The first-order valence-electron chi connectivity index (χ1n) is 8.02. The number of furan rings is 1. The number of hydrogen-bond acceptors (Lipinski definition) is 5. The number of piperidine rings is 1. The molecule has 1 atom stereocenters. The number of carbonyl (C=O) groups is 2. The lowest BCUT2D eigenvalue weighted by atomic mass is 10.0. The van der Waals surface area contributed by atoms with Gasteiger partial charge in [0.2, 0.25) is 5.91 Å². The van der Waals surface area contributed by atoms with Crippen LogP contribution in [0.4, 0.5) is 0 Å². The Morgan fingerprint density at radius 3 is 2.58 bits per heavy atom. The summed E-state index contributed by atoms with van der Waals surface area (Å²) in [5.74, 6) is 3.22. The summed E-state index contributed by atoms with van der Waals surface area (Å²) in [6, 6.07) is 1.85. The topological polar surface area (TPSA) is 74.6 Å². The number of aryl methyl sites for hydroxylation is 2. The lowest BCUT2D eigenvalue weighted by molar-refractivity contribution is -0.133. The van der Waals surface area contributed by atoms with E-state index in [9.17, 15) is 9.59 Å². The molecule has 134 valence electrons. The van der Waals surface area contributed by atoms with Gasteiger partial charge < -0.3 is 14.6 Å². The molecule has 1 aromatic rings. The van der Waals surface area contributed by atoms with Gasteiger partial charge in [-0.1, -0.05) is 0 Å². The third-order valence-corrected chi connectivity index (χ3v) is 5.38. The zero-order valence-corrected chi connectivity index (χ0v) is 15.6. The summed E-state index contributed by atoms with van der Waals surface area (Å²) in [7, 11) is 0. The first kappa shape index (κ1) is 19.1. The summed E-state index contributed by atoms with van der Waals surface area (Å²) < 4.78 is 5.41. The summed E-state index contributed by atoms with van der Waals surface area (Å²) in [6.07, 6.45) is 1.60. The number of nitrogens with one attached hydrogen (secondary N) is 2. The second-order valence-corrected chi connectivity index (χ2v) is 7.20. The number of amides is 2. The zero-order chi connectivity index (χ0) is 16.4. The molecule has 3 heterocycles. The zero-order valence-electron chi connectivity index (χ0n) is 14.0. The van der Waals surface area contributed by atoms with Gasteiger partial charge in [-0.3, -0.25) is 14.9 Å². The fourth-order valence-electron chi connectivity index (χ4n) is 3.14. The van der Waals surface area contributed by atoms with Crippen LogP contribution in [-0.2, 0) is 4.79 Å². The minimum Gasteiger partial charge on any atom is -0.466 e. The Morgan fingerprint density at radius 2 is 2.04 bits per heavy atom. The molecule has 0 saturated carbocycles. The highest BCUT2D eigenvalue weighted by Gasteiger charge is 2.30. The quantitative estimate of drug-likeness (QED) is 0.843. The van der Waals surface area contributed by atoms with Crippen LogP contribution in [0.5, 0.6) is 0 Å². The van der Waals surface area contributed by atoms with Gasteiger partial charge >= 0.3 is 0 Å². The largest absolute Gasteiger partial charge is 0.466 e. The molecule has 2 aliphatic rings. The Labute approximate surface area is 152 Å². The predicted octanol–water partition coefficient (Wildman–Crippen LogP) is 1.70. The summed E-state index contributed by atoms with van der Waals surface area (Å²) in [5.41, 5.74) is 0.605. The van der Waals surface area contributed by atoms with Crippen LogP contribution < -0.4 is 10.6 Å². The van der Waals surface area contributed by atoms with Gasteiger partial charge in [0.1, 0.15) is 11.5 Å². The van der Waals surface area contributed by atoms with Crippen LogP contribution in [0.1, 0.15) is 34.7 Å². The van der Waals surface area contributed by atoms with Crippen molar-refractivity contribution in [1.82, 2.24) is 15.5 Å². The van der Waals surface area contributed by atoms with Crippen LogP contribution in [0.3, 0.4) is 0 Å². The number of hydrogen-bond donors (Lipinski definition) is 2. The van der Waals surface area contributed by atoms with Crippen molar-refractivity contribution in [2.45, 2.75) is 38.8 Å². The van der Waals surface area contributed by atoms with Gasteiger partial charge in [0, 0.05) is 30.8 Å². The van der Waals surface area contributed by atoms with Crippen molar-refractivity contribution in [2.75, 3.05) is 24.7 Å². The normalized spacial score (nSPS) is 21.4. The molecule has 2 N–H and O–H groups in total. The summed E-state index contributed by atoms with van der Waals surface area (Å²) in [6.45, 7) is 5.05. The highest BCUT2D eigenvalue weighted by atomic mass is 35.5. The van der Waals surface area contributed by atoms with Crippen molar-refractivity contribution < 1.29 is 14.0 Å². The van der Waals surface area contributed by atoms with Crippen molar-refractivity contribution in [1.29, 1.82) is 0 Å². The van der Waals surface area contributed by atoms with E-state index < -0.39 is 0 Å². The molecule has 1 aromatic heterocycles. The molecular formula is C16H24ClN3O3S. The highest BCUT2D eigenvalue weighted by molar-refractivity contribution is 7.99. The van der Waals surface area contributed by atoms with E-state index in [-0.39, 0.29) is 36.3 Å². The minimum atomic E-state index is -0.0852. The minimum absolute atomic E-state index is 0. The van der Waals surface area contributed by atoms with Crippen molar-refractivity contribution in [2.24, 2.45) is 0 Å². The van der Waals surface area contributed by atoms with Gasteiger partial charge in [0.05, 0.1) is 11.6 Å². The number of halogens is 1. The van der Waals surface area contributed by atoms with E-state index in [2.05, 4.69) is 10.6 Å². The average Bonchev–Trinajstić information content (AvgIpc) is 3.17. The second kappa shape index (κ2) is 8.27. The molecular weight excluding hydrogens is 350 g/mol. The molecule has 0 radical (unpaired) electrons. The van der Waals surface area contributed by atoms with Gasteiger partial charge in [0.25, 0.3) is 5.91 Å². The van der Waals surface area contributed by atoms with Crippen LogP contribution in [-0.4, -0.2) is 53.5 Å². The monoisotopic (exact) mass is 373 g/mol. The van der Waals surface area contributed by atoms with Crippen molar-refractivity contribution >= 4 is 36.0 Å². The van der Waals surface area contributed by atoms with Gasteiger partial charge in [0.15, 0.2) is 0 Å². The molecule has 0 spiro atoms. The van der Waals surface area contributed by atoms with Crippen LogP contribution in [0, 0.1) is 13.8 Å². The van der Waals surface area contributed by atoms with Gasteiger partial charge in [-0.05, 0) is 32.8 Å². The molecule has 24 heavy (non-hydrogen) atoms. The van der Waals surface area contributed by atoms with E-state index in [4.69, 9.17) is 4.42 Å². The molecule has 8 heteroatoms. The lowest BCUT2D eigenvalue weighted by Gasteiger charge is -2.33. The van der Waals surface area contributed by atoms with E-state index in [0.717, 1.165) is 30.2 Å². The molecule has 2 aliphatic heterocycles. The van der Waals surface area contributed by atoms with E-state index in [1.165, 1.54) is 0 Å². The molecule has 2 amide bonds. The number of rotatable bonds is 3. The molecule has 2 saturated heterocycles. The van der Waals surface area contributed by atoms with Crippen LogP contribution in [0.15, 0.2) is 10.5 Å². The summed E-state index contributed by atoms with van der Waals surface area (Å²) >= 11 is 1.76. The molecule has 0 aliphatic carbocycles. The second-order valence-electron chi connectivity index (χ2n) is 6.17. The van der Waals surface area contributed by atoms with E-state index >= 15 is 0 Å². The Bertz CT molecular complexity index is 593. The van der Waals surface area contributed by atoms with E-state index in [0.29, 0.717) is 24.4 Å². The standard InChI is InChI=1S/C16H23N3O3S.ClH/c1-10-7-13(11(2)22-10)15(20)18-12-3-5-19(6-4-12)16(21)14-8-23-9-17-14;/h7,12,14,17H,3-6,8-9H2,1-2H3,(H,18,20);1H. The molecule has 2 fully saturated rings. The average molecular weight is 374 g/mol. The number of carbonyl (C=O) groups excluding carboxylic acids is 2. The first-order chi connectivity index (χ1) is 11.0.